The zero-order chi connectivity index (χ0) is 15.5. The summed E-state index contributed by atoms with van der Waals surface area (Å²) in [6.45, 7) is 6.54. The number of carbonyl (C=O) groups is 1. The van der Waals surface area contributed by atoms with Gasteiger partial charge in [0.15, 0.2) is 11.5 Å². The van der Waals surface area contributed by atoms with Crippen LogP contribution in [0.5, 0.6) is 11.5 Å². The monoisotopic (exact) mass is 293 g/mol. The van der Waals surface area contributed by atoms with Crippen molar-refractivity contribution in [2.24, 2.45) is 5.73 Å². The third kappa shape index (κ3) is 3.88. The molecule has 0 aromatic heterocycles. The lowest BCUT2D eigenvalue weighted by Crippen LogP contribution is -2.33. The average molecular weight is 293 g/mol. The molecular formula is C16H23NO4. The number of para-hydroxylation sites is 1. The predicted octanol–water partition coefficient (Wildman–Crippen LogP) is 2.06. The lowest BCUT2D eigenvalue weighted by atomic mass is 10.0. The quantitative estimate of drug-likeness (QED) is 0.813. The van der Waals surface area contributed by atoms with Gasteiger partial charge in [0.1, 0.15) is 11.6 Å². The first-order valence-electron chi connectivity index (χ1n) is 7.29. The number of carbonyl (C=O) groups excluding carboxylic acids is 1. The molecule has 5 nitrogen and oxygen atoms in total. The Hall–Kier alpha value is -1.75. The molecule has 2 rings (SSSR count). The Kier molecular flexibility index (Phi) is 4.73. The van der Waals surface area contributed by atoms with E-state index < -0.39 is 12.0 Å². The molecule has 1 aliphatic rings. The van der Waals surface area contributed by atoms with Crippen molar-refractivity contribution in [2.45, 2.75) is 45.3 Å². The van der Waals surface area contributed by atoms with Crippen molar-refractivity contribution in [3.8, 4) is 11.5 Å². The largest absolute Gasteiger partial charge is 0.490 e. The summed E-state index contributed by atoms with van der Waals surface area (Å²) in [5, 5.41) is 0. The maximum atomic E-state index is 11.4. The Labute approximate surface area is 125 Å². The van der Waals surface area contributed by atoms with Crippen LogP contribution in [0.25, 0.3) is 0 Å². The van der Waals surface area contributed by atoms with E-state index in [1.54, 1.807) is 6.92 Å². The molecule has 0 spiro atoms. The lowest BCUT2D eigenvalue weighted by Gasteiger charge is -2.18. The summed E-state index contributed by atoms with van der Waals surface area (Å²) in [6, 6.07) is 5.21. The SMILES string of the molecule is CCOC(=O)C(N)CCOc1cccc2c1OC(C)(C)C2. The number of rotatable bonds is 6. The van der Waals surface area contributed by atoms with Gasteiger partial charge in [-0.05, 0) is 26.8 Å². The molecule has 2 N–H and O–H groups in total. The Bertz CT molecular complexity index is 513. The minimum Gasteiger partial charge on any atom is -0.490 e. The van der Waals surface area contributed by atoms with E-state index in [2.05, 4.69) is 0 Å². The van der Waals surface area contributed by atoms with Crippen molar-refractivity contribution < 1.29 is 19.0 Å². The van der Waals surface area contributed by atoms with Gasteiger partial charge >= 0.3 is 5.97 Å². The summed E-state index contributed by atoms with van der Waals surface area (Å²) in [6.07, 6.45) is 1.27. The van der Waals surface area contributed by atoms with Gasteiger partial charge < -0.3 is 19.9 Å². The Balaban J connectivity index is 1.91. The molecule has 21 heavy (non-hydrogen) atoms. The van der Waals surface area contributed by atoms with Crippen molar-refractivity contribution in [2.75, 3.05) is 13.2 Å². The van der Waals surface area contributed by atoms with E-state index in [1.807, 2.05) is 32.0 Å². The number of nitrogens with two attached hydrogens (primary N) is 1. The number of benzene rings is 1. The molecule has 5 heteroatoms. The predicted molar refractivity (Wildman–Crippen MR) is 79.6 cm³/mol. The molecule has 0 saturated carbocycles. The average Bonchev–Trinajstić information content (AvgIpc) is 2.73. The van der Waals surface area contributed by atoms with Gasteiger partial charge in [-0.1, -0.05) is 12.1 Å². The molecule has 1 atom stereocenters. The summed E-state index contributed by atoms with van der Waals surface area (Å²) in [5.41, 5.74) is 6.68. The second kappa shape index (κ2) is 6.35. The molecule has 116 valence electrons. The molecule has 1 unspecified atom stereocenters. The first-order valence-corrected chi connectivity index (χ1v) is 7.29. The molecule has 0 aliphatic carbocycles. The Morgan fingerprint density at radius 1 is 1.48 bits per heavy atom. The molecule has 0 saturated heterocycles. The fraction of sp³-hybridized carbons (Fsp3) is 0.562. The van der Waals surface area contributed by atoms with Gasteiger partial charge in [0.25, 0.3) is 0 Å². The molecule has 0 radical (unpaired) electrons. The van der Waals surface area contributed by atoms with Gasteiger partial charge in [0, 0.05) is 18.4 Å². The molecule has 1 aromatic carbocycles. The third-order valence-electron chi connectivity index (χ3n) is 3.33. The topological polar surface area (TPSA) is 70.8 Å². The number of hydrogen-bond donors (Lipinski definition) is 1. The maximum Gasteiger partial charge on any atom is 0.323 e. The van der Waals surface area contributed by atoms with Crippen LogP contribution in [-0.4, -0.2) is 30.8 Å². The van der Waals surface area contributed by atoms with Gasteiger partial charge in [0.2, 0.25) is 0 Å². The minimum absolute atomic E-state index is 0.205. The highest BCUT2D eigenvalue weighted by molar-refractivity contribution is 5.75. The van der Waals surface area contributed by atoms with Gasteiger partial charge in [-0.3, -0.25) is 4.79 Å². The van der Waals surface area contributed by atoms with Crippen molar-refractivity contribution in [1.82, 2.24) is 0 Å². The van der Waals surface area contributed by atoms with Crippen LogP contribution in [-0.2, 0) is 16.0 Å². The number of fused-ring (bicyclic) bond motifs is 1. The molecule has 1 aliphatic heterocycles. The van der Waals surface area contributed by atoms with Crippen LogP contribution in [0.3, 0.4) is 0 Å². The second-order valence-corrected chi connectivity index (χ2v) is 5.78. The van der Waals surface area contributed by atoms with E-state index in [0.717, 1.165) is 17.7 Å². The van der Waals surface area contributed by atoms with Gasteiger partial charge in [-0.2, -0.15) is 0 Å². The molecule has 1 heterocycles. The summed E-state index contributed by atoms with van der Waals surface area (Å²) >= 11 is 0. The summed E-state index contributed by atoms with van der Waals surface area (Å²) in [5.74, 6) is 1.11. The normalized spacial score (nSPS) is 16.8. The van der Waals surface area contributed by atoms with Gasteiger partial charge in [0.05, 0.1) is 13.2 Å². The lowest BCUT2D eigenvalue weighted by molar-refractivity contribution is -0.145. The van der Waals surface area contributed by atoms with Crippen molar-refractivity contribution in [3.63, 3.8) is 0 Å². The van der Waals surface area contributed by atoms with Crippen LogP contribution in [0.15, 0.2) is 18.2 Å². The third-order valence-corrected chi connectivity index (χ3v) is 3.33. The Morgan fingerprint density at radius 3 is 2.95 bits per heavy atom. The number of hydrogen-bond acceptors (Lipinski definition) is 5. The minimum atomic E-state index is -0.654. The zero-order valence-electron chi connectivity index (χ0n) is 12.8. The van der Waals surface area contributed by atoms with Crippen LogP contribution < -0.4 is 15.2 Å². The second-order valence-electron chi connectivity index (χ2n) is 5.78. The van der Waals surface area contributed by atoms with E-state index in [4.69, 9.17) is 19.9 Å². The fourth-order valence-electron chi connectivity index (χ4n) is 2.36. The molecule has 0 fully saturated rings. The van der Waals surface area contributed by atoms with Gasteiger partial charge in [-0.25, -0.2) is 0 Å². The summed E-state index contributed by atoms with van der Waals surface area (Å²) < 4.78 is 16.5. The van der Waals surface area contributed by atoms with Crippen LogP contribution in [0, 0.1) is 0 Å². The Morgan fingerprint density at radius 2 is 2.24 bits per heavy atom. The molecule has 0 bridgehead atoms. The molecular weight excluding hydrogens is 270 g/mol. The summed E-state index contributed by atoms with van der Waals surface area (Å²) in [4.78, 5) is 11.4. The van der Waals surface area contributed by atoms with Gasteiger partial charge in [-0.15, -0.1) is 0 Å². The van der Waals surface area contributed by atoms with Crippen molar-refractivity contribution in [1.29, 1.82) is 0 Å². The first kappa shape index (κ1) is 15.6. The standard InChI is InChI=1S/C16H23NO4/c1-4-19-15(18)12(17)8-9-20-13-7-5-6-11-10-16(2,3)21-14(11)13/h5-7,12H,4,8-10,17H2,1-3H3. The van der Waals surface area contributed by atoms with Crippen LogP contribution in [0.4, 0.5) is 0 Å². The molecule has 1 aromatic rings. The van der Waals surface area contributed by atoms with Crippen molar-refractivity contribution in [3.05, 3.63) is 23.8 Å². The maximum absolute atomic E-state index is 11.4. The van der Waals surface area contributed by atoms with Crippen LogP contribution in [0.1, 0.15) is 32.8 Å². The number of esters is 1. The van der Waals surface area contributed by atoms with Crippen LogP contribution >= 0.6 is 0 Å². The number of ether oxygens (including phenoxy) is 3. The van der Waals surface area contributed by atoms with E-state index in [-0.39, 0.29) is 5.60 Å². The smallest absolute Gasteiger partial charge is 0.323 e. The van der Waals surface area contributed by atoms with E-state index in [0.29, 0.717) is 25.4 Å². The van der Waals surface area contributed by atoms with E-state index in [9.17, 15) is 4.79 Å². The van der Waals surface area contributed by atoms with E-state index in [1.165, 1.54) is 0 Å². The first-order chi connectivity index (χ1) is 9.93. The van der Waals surface area contributed by atoms with Crippen LogP contribution in [0.2, 0.25) is 0 Å². The highest BCUT2D eigenvalue weighted by atomic mass is 16.5. The zero-order valence-corrected chi connectivity index (χ0v) is 12.8. The summed E-state index contributed by atoms with van der Waals surface area (Å²) in [7, 11) is 0. The molecule has 0 amide bonds. The van der Waals surface area contributed by atoms with E-state index >= 15 is 0 Å². The fourth-order valence-corrected chi connectivity index (χ4v) is 2.36. The highest BCUT2D eigenvalue weighted by Gasteiger charge is 2.32. The highest BCUT2D eigenvalue weighted by Crippen LogP contribution is 2.41. The van der Waals surface area contributed by atoms with Crippen molar-refractivity contribution >= 4 is 5.97 Å².